The zero-order valence-electron chi connectivity index (χ0n) is 13.9. The molecule has 0 bridgehead atoms. The molecule has 4 amide bonds. The first-order chi connectivity index (χ1) is 11.0. The van der Waals surface area contributed by atoms with Gasteiger partial charge in [-0.05, 0) is 44.4 Å². The van der Waals surface area contributed by atoms with Gasteiger partial charge in [0.05, 0.1) is 0 Å². The highest BCUT2D eigenvalue weighted by Crippen LogP contribution is 2.42. The SMILES string of the molecule is CC1(C2CC2)NC(=O)N(CC(=O)NCCCC2CCCC2)C1=O. The summed E-state index contributed by atoms with van der Waals surface area (Å²) < 4.78 is 0. The van der Waals surface area contributed by atoms with Gasteiger partial charge in [-0.15, -0.1) is 0 Å². The number of hydrogen-bond acceptors (Lipinski definition) is 3. The van der Waals surface area contributed by atoms with E-state index in [-0.39, 0.29) is 24.3 Å². The van der Waals surface area contributed by atoms with E-state index in [1.165, 1.54) is 25.7 Å². The van der Waals surface area contributed by atoms with E-state index in [4.69, 9.17) is 0 Å². The number of nitrogens with one attached hydrogen (secondary N) is 2. The van der Waals surface area contributed by atoms with Gasteiger partial charge in [-0.1, -0.05) is 25.7 Å². The zero-order valence-corrected chi connectivity index (χ0v) is 13.9. The predicted molar refractivity (Wildman–Crippen MR) is 85.6 cm³/mol. The number of rotatable bonds is 7. The number of carbonyl (C=O) groups excluding carboxylic acids is 3. The lowest BCUT2D eigenvalue weighted by Crippen LogP contribution is -2.47. The zero-order chi connectivity index (χ0) is 16.4. The van der Waals surface area contributed by atoms with Crippen molar-refractivity contribution in [1.29, 1.82) is 0 Å². The summed E-state index contributed by atoms with van der Waals surface area (Å²) in [6.07, 6.45) is 9.35. The molecule has 1 aliphatic heterocycles. The summed E-state index contributed by atoms with van der Waals surface area (Å²) in [6, 6.07) is -0.439. The van der Waals surface area contributed by atoms with E-state index < -0.39 is 11.6 Å². The van der Waals surface area contributed by atoms with Crippen LogP contribution in [0.2, 0.25) is 0 Å². The molecule has 0 aromatic carbocycles. The van der Waals surface area contributed by atoms with E-state index in [9.17, 15) is 14.4 Å². The van der Waals surface area contributed by atoms with E-state index in [0.717, 1.165) is 36.5 Å². The van der Waals surface area contributed by atoms with Crippen molar-refractivity contribution in [2.45, 2.75) is 63.8 Å². The molecule has 3 rings (SSSR count). The fourth-order valence-corrected chi connectivity index (χ4v) is 3.91. The molecule has 0 spiro atoms. The van der Waals surface area contributed by atoms with Crippen molar-refractivity contribution in [3.05, 3.63) is 0 Å². The van der Waals surface area contributed by atoms with Crippen LogP contribution in [0.4, 0.5) is 4.79 Å². The van der Waals surface area contributed by atoms with Crippen LogP contribution in [0, 0.1) is 11.8 Å². The molecule has 1 unspecified atom stereocenters. The Balaban J connectivity index is 1.40. The van der Waals surface area contributed by atoms with Crippen LogP contribution >= 0.6 is 0 Å². The fourth-order valence-electron chi connectivity index (χ4n) is 3.91. The van der Waals surface area contributed by atoms with Gasteiger partial charge in [0.15, 0.2) is 0 Å². The average molecular weight is 321 g/mol. The lowest BCUT2D eigenvalue weighted by Gasteiger charge is -2.20. The fraction of sp³-hybridized carbons (Fsp3) is 0.824. The van der Waals surface area contributed by atoms with E-state index in [1.807, 2.05) is 0 Å². The normalized spacial score (nSPS) is 28.3. The first-order valence-electron chi connectivity index (χ1n) is 8.91. The number of hydrogen-bond donors (Lipinski definition) is 2. The minimum absolute atomic E-state index is 0.170. The molecule has 0 aromatic heterocycles. The van der Waals surface area contributed by atoms with E-state index >= 15 is 0 Å². The Labute approximate surface area is 137 Å². The van der Waals surface area contributed by atoms with Crippen molar-refractivity contribution in [3.63, 3.8) is 0 Å². The Morgan fingerprint density at radius 1 is 1.26 bits per heavy atom. The van der Waals surface area contributed by atoms with Crippen molar-refractivity contribution < 1.29 is 14.4 Å². The third-order valence-corrected chi connectivity index (χ3v) is 5.58. The van der Waals surface area contributed by atoms with Crippen LogP contribution in [0.25, 0.3) is 0 Å². The highest BCUT2D eigenvalue weighted by molar-refractivity contribution is 6.09. The van der Waals surface area contributed by atoms with Crippen LogP contribution in [-0.4, -0.2) is 41.4 Å². The largest absolute Gasteiger partial charge is 0.355 e. The molecule has 6 heteroatoms. The van der Waals surface area contributed by atoms with Gasteiger partial charge in [0.1, 0.15) is 12.1 Å². The number of carbonyl (C=O) groups is 3. The van der Waals surface area contributed by atoms with Crippen molar-refractivity contribution in [3.8, 4) is 0 Å². The Morgan fingerprint density at radius 2 is 1.96 bits per heavy atom. The van der Waals surface area contributed by atoms with Crippen LogP contribution in [0.5, 0.6) is 0 Å². The molecule has 0 radical (unpaired) electrons. The lowest BCUT2D eigenvalue weighted by molar-refractivity contribution is -0.135. The van der Waals surface area contributed by atoms with Crippen LogP contribution in [0.15, 0.2) is 0 Å². The number of imide groups is 1. The first-order valence-corrected chi connectivity index (χ1v) is 8.91. The maximum Gasteiger partial charge on any atom is 0.325 e. The molecule has 2 aliphatic carbocycles. The third-order valence-electron chi connectivity index (χ3n) is 5.58. The maximum atomic E-state index is 12.4. The van der Waals surface area contributed by atoms with Gasteiger partial charge in [-0.2, -0.15) is 0 Å². The molecular formula is C17H27N3O3. The molecule has 0 aromatic rings. The molecule has 2 N–H and O–H groups in total. The molecule has 2 saturated carbocycles. The summed E-state index contributed by atoms with van der Waals surface area (Å²) in [5.41, 5.74) is -0.806. The van der Waals surface area contributed by atoms with Crippen LogP contribution < -0.4 is 10.6 Å². The molecule has 1 heterocycles. The molecule has 23 heavy (non-hydrogen) atoms. The summed E-state index contributed by atoms with van der Waals surface area (Å²) in [4.78, 5) is 37.5. The summed E-state index contributed by atoms with van der Waals surface area (Å²) in [6.45, 7) is 2.22. The summed E-state index contributed by atoms with van der Waals surface area (Å²) in [7, 11) is 0. The van der Waals surface area contributed by atoms with Crippen LogP contribution in [0.3, 0.4) is 0 Å². The maximum absolute atomic E-state index is 12.4. The molecular weight excluding hydrogens is 294 g/mol. The summed E-state index contributed by atoms with van der Waals surface area (Å²) in [5.74, 6) is 0.529. The number of urea groups is 1. The smallest absolute Gasteiger partial charge is 0.325 e. The summed E-state index contributed by atoms with van der Waals surface area (Å²) in [5, 5.41) is 5.59. The Morgan fingerprint density at radius 3 is 2.61 bits per heavy atom. The van der Waals surface area contributed by atoms with E-state index in [0.29, 0.717) is 6.54 Å². The molecule has 128 valence electrons. The van der Waals surface area contributed by atoms with E-state index in [1.54, 1.807) is 6.92 Å². The van der Waals surface area contributed by atoms with Gasteiger partial charge in [0.2, 0.25) is 5.91 Å². The summed E-state index contributed by atoms with van der Waals surface area (Å²) >= 11 is 0. The standard InChI is InChI=1S/C17H27N3O3/c1-17(13-8-9-13)15(22)20(16(23)19-17)11-14(21)18-10-4-7-12-5-2-3-6-12/h12-13H,2-11H2,1H3,(H,18,21)(H,19,23). The minimum Gasteiger partial charge on any atom is -0.355 e. The van der Waals surface area contributed by atoms with Gasteiger partial charge in [0.25, 0.3) is 5.91 Å². The predicted octanol–water partition coefficient (Wildman–Crippen LogP) is 1.79. The monoisotopic (exact) mass is 321 g/mol. The highest BCUT2D eigenvalue weighted by atomic mass is 16.2. The Bertz CT molecular complexity index is 497. The molecule has 6 nitrogen and oxygen atoms in total. The minimum atomic E-state index is -0.806. The quantitative estimate of drug-likeness (QED) is 0.554. The molecule has 1 atom stereocenters. The number of amides is 4. The topological polar surface area (TPSA) is 78.5 Å². The average Bonchev–Trinajstić information content (AvgIpc) is 3.21. The van der Waals surface area contributed by atoms with Gasteiger partial charge in [0, 0.05) is 6.54 Å². The Hall–Kier alpha value is -1.59. The van der Waals surface area contributed by atoms with Crippen molar-refractivity contribution in [2.75, 3.05) is 13.1 Å². The second-order valence-electron chi connectivity index (χ2n) is 7.44. The van der Waals surface area contributed by atoms with Gasteiger partial charge < -0.3 is 10.6 Å². The van der Waals surface area contributed by atoms with Crippen molar-refractivity contribution >= 4 is 17.8 Å². The molecule has 3 aliphatic rings. The van der Waals surface area contributed by atoms with Gasteiger partial charge in [-0.25, -0.2) is 4.79 Å². The second-order valence-corrected chi connectivity index (χ2v) is 7.44. The van der Waals surface area contributed by atoms with Gasteiger partial charge in [-0.3, -0.25) is 14.5 Å². The first kappa shape index (κ1) is 16.3. The molecule has 3 fully saturated rings. The van der Waals surface area contributed by atoms with Crippen molar-refractivity contribution in [2.24, 2.45) is 11.8 Å². The Kier molecular flexibility index (Phi) is 4.60. The third kappa shape index (κ3) is 3.51. The second kappa shape index (κ2) is 6.49. The number of nitrogens with zero attached hydrogens (tertiary/aromatic N) is 1. The van der Waals surface area contributed by atoms with Crippen LogP contribution in [-0.2, 0) is 9.59 Å². The highest BCUT2D eigenvalue weighted by Gasteiger charge is 2.56. The van der Waals surface area contributed by atoms with Gasteiger partial charge >= 0.3 is 6.03 Å². The van der Waals surface area contributed by atoms with Crippen molar-refractivity contribution in [1.82, 2.24) is 15.5 Å². The lowest BCUT2D eigenvalue weighted by atomic mass is 9.96. The van der Waals surface area contributed by atoms with E-state index in [2.05, 4.69) is 10.6 Å². The van der Waals surface area contributed by atoms with Crippen LogP contribution in [0.1, 0.15) is 58.3 Å². The molecule has 1 saturated heterocycles.